The molecule has 1 heterocycles. The summed E-state index contributed by atoms with van der Waals surface area (Å²) in [6.45, 7) is 3.86. The van der Waals surface area contributed by atoms with Gasteiger partial charge in [-0.2, -0.15) is 0 Å². The summed E-state index contributed by atoms with van der Waals surface area (Å²) in [5, 5.41) is 3.51. The van der Waals surface area contributed by atoms with Gasteiger partial charge in [-0.3, -0.25) is 0 Å². The van der Waals surface area contributed by atoms with Crippen molar-refractivity contribution in [2.75, 3.05) is 0 Å². The summed E-state index contributed by atoms with van der Waals surface area (Å²) in [7, 11) is 0. The Kier molecular flexibility index (Phi) is 2.65. The lowest BCUT2D eigenvalue weighted by Crippen LogP contribution is -1.82. The van der Waals surface area contributed by atoms with E-state index in [2.05, 4.69) is 36.6 Å². The fourth-order valence-electron chi connectivity index (χ4n) is 1.48. The van der Waals surface area contributed by atoms with Gasteiger partial charge >= 0.3 is 0 Å². The van der Waals surface area contributed by atoms with Crippen molar-refractivity contribution >= 4 is 21.4 Å². The average molecular weight is 189 g/mol. The lowest BCUT2D eigenvalue weighted by molar-refractivity contribution is 0.842. The van der Waals surface area contributed by atoms with Crippen LogP contribution in [0.2, 0.25) is 0 Å². The van der Waals surface area contributed by atoms with Gasteiger partial charge in [-0.25, -0.2) is 0 Å². The third kappa shape index (κ3) is 1.92. The Balaban J connectivity index is 2.26. The van der Waals surface area contributed by atoms with Gasteiger partial charge < -0.3 is 0 Å². The van der Waals surface area contributed by atoms with E-state index in [1.807, 2.05) is 11.3 Å². The maximum absolute atomic E-state index is 3.86. The molecule has 67 valence electrons. The van der Waals surface area contributed by atoms with Crippen LogP contribution < -0.4 is 0 Å². The van der Waals surface area contributed by atoms with Crippen LogP contribution in [0, 0.1) is 6.92 Å². The summed E-state index contributed by atoms with van der Waals surface area (Å²) in [6.07, 6.45) is 3.39. The Morgan fingerprint density at radius 3 is 3.00 bits per heavy atom. The lowest BCUT2D eigenvalue weighted by Gasteiger charge is -1.99. The minimum absolute atomic E-state index is 1.03. The summed E-state index contributed by atoms with van der Waals surface area (Å²) < 4.78 is 1.40. The van der Waals surface area contributed by atoms with Crippen molar-refractivity contribution in [3.05, 3.63) is 42.1 Å². The maximum atomic E-state index is 3.86. The highest BCUT2D eigenvalue weighted by molar-refractivity contribution is 7.17. The number of benzene rings is 1. The van der Waals surface area contributed by atoms with Gasteiger partial charge in [-0.15, -0.1) is 11.3 Å². The van der Waals surface area contributed by atoms with Crippen LogP contribution in [0.1, 0.15) is 18.4 Å². The zero-order valence-electron chi connectivity index (χ0n) is 7.62. The second-order valence-electron chi connectivity index (χ2n) is 3.25. The molecule has 0 aliphatic heterocycles. The van der Waals surface area contributed by atoms with E-state index in [9.17, 15) is 0 Å². The van der Waals surface area contributed by atoms with Crippen molar-refractivity contribution in [1.29, 1.82) is 0 Å². The molecule has 0 saturated heterocycles. The Morgan fingerprint density at radius 2 is 2.15 bits per heavy atom. The molecule has 0 aliphatic rings. The highest BCUT2D eigenvalue weighted by Crippen LogP contribution is 2.22. The third-order valence-electron chi connectivity index (χ3n) is 2.24. The van der Waals surface area contributed by atoms with Gasteiger partial charge in [0.2, 0.25) is 0 Å². The first-order valence-electron chi connectivity index (χ1n) is 4.65. The van der Waals surface area contributed by atoms with Gasteiger partial charge in [0.25, 0.3) is 0 Å². The van der Waals surface area contributed by atoms with Crippen molar-refractivity contribution < 1.29 is 0 Å². The minimum atomic E-state index is 1.03. The number of aryl methyl sites for hydroxylation is 1. The molecule has 1 radical (unpaired) electrons. The molecule has 0 bridgehead atoms. The van der Waals surface area contributed by atoms with E-state index in [0.29, 0.717) is 0 Å². The molecule has 0 atom stereocenters. The molecule has 0 nitrogen and oxygen atoms in total. The van der Waals surface area contributed by atoms with Crippen molar-refractivity contribution in [2.45, 2.75) is 19.3 Å². The van der Waals surface area contributed by atoms with Crippen LogP contribution >= 0.6 is 11.3 Å². The molecule has 0 spiro atoms. The van der Waals surface area contributed by atoms with Crippen LogP contribution in [-0.2, 0) is 6.42 Å². The van der Waals surface area contributed by atoms with Gasteiger partial charge in [0.05, 0.1) is 0 Å². The summed E-state index contributed by atoms with van der Waals surface area (Å²) >= 11 is 1.82. The van der Waals surface area contributed by atoms with E-state index in [1.54, 1.807) is 0 Å². The highest BCUT2D eigenvalue weighted by atomic mass is 32.1. The summed E-state index contributed by atoms with van der Waals surface area (Å²) in [5.74, 6) is 0. The number of hydrogen-bond acceptors (Lipinski definition) is 1. The zero-order chi connectivity index (χ0) is 9.10. The molecule has 13 heavy (non-hydrogen) atoms. The molecule has 0 fully saturated rings. The average Bonchev–Trinajstić information content (AvgIpc) is 2.61. The van der Waals surface area contributed by atoms with Crippen LogP contribution in [0.5, 0.6) is 0 Å². The van der Waals surface area contributed by atoms with Crippen LogP contribution in [0.25, 0.3) is 10.1 Å². The first-order chi connectivity index (χ1) is 6.40. The van der Waals surface area contributed by atoms with E-state index in [-0.39, 0.29) is 0 Å². The van der Waals surface area contributed by atoms with Crippen molar-refractivity contribution in [3.63, 3.8) is 0 Å². The number of rotatable bonds is 3. The van der Waals surface area contributed by atoms with Gasteiger partial charge in [-0.1, -0.05) is 25.5 Å². The van der Waals surface area contributed by atoms with Gasteiger partial charge in [0.1, 0.15) is 0 Å². The number of fused-ring (bicyclic) bond motifs is 1. The molecule has 0 N–H and O–H groups in total. The van der Waals surface area contributed by atoms with Crippen LogP contribution in [0.15, 0.2) is 29.6 Å². The smallest absolute Gasteiger partial charge is 0.0345 e. The fourth-order valence-corrected chi connectivity index (χ4v) is 2.34. The van der Waals surface area contributed by atoms with E-state index in [1.165, 1.54) is 22.1 Å². The Bertz CT molecular complexity index is 387. The Hall–Kier alpha value is -0.820. The second kappa shape index (κ2) is 3.93. The minimum Gasteiger partial charge on any atom is -0.144 e. The SMILES string of the molecule is [CH2]CCCc1ccc2ccsc2c1. The fraction of sp³-hybridized carbons (Fsp3) is 0.250. The van der Waals surface area contributed by atoms with E-state index >= 15 is 0 Å². The molecule has 1 aromatic carbocycles. The predicted molar refractivity (Wildman–Crippen MR) is 60.1 cm³/mol. The standard InChI is InChI=1S/C12H13S/c1-2-3-4-10-5-6-11-7-8-13-12(11)9-10/h5-9H,1-4H2. The first kappa shape index (κ1) is 8.76. The number of thiophene rings is 1. The topological polar surface area (TPSA) is 0 Å². The van der Waals surface area contributed by atoms with Crippen LogP contribution in [-0.4, -0.2) is 0 Å². The quantitative estimate of drug-likeness (QED) is 0.683. The molecule has 0 amide bonds. The van der Waals surface area contributed by atoms with Crippen molar-refractivity contribution in [1.82, 2.24) is 0 Å². The normalized spacial score (nSPS) is 10.8. The number of hydrogen-bond donors (Lipinski definition) is 0. The van der Waals surface area contributed by atoms with E-state index in [0.717, 1.165) is 12.8 Å². The third-order valence-corrected chi connectivity index (χ3v) is 3.12. The molecule has 2 rings (SSSR count). The van der Waals surface area contributed by atoms with Crippen molar-refractivity contribution in [2.24, 2.45) is 0 Å². The molecule has 0 saturated carbocycles. The summed E-state index contributed by atoms with van der Waals surface area (Å²) in [5.41, 5.74) is 1.44. The Morgan fingerprint density at radius 1 is 1.23 bits per heavy atom. The molecule has 1 aromatic heterocycles. The molecule has 0 aliphatic carbocycles. The van der Waals surface area contributed by atoms with Crippen molar-refractivity contribution in [3.8, 4) is 0 Å². The second-order valence-corrected chi connectivity index (χ2v) is 4.20. The van der Waals surface area contributed by atoms with E-state index in [4.69, 9.17) is 0 Å². The molecule has 1 heteroatoms. The largest absolute Gasteiger partial charge is 0.144 e. The van der Waals surface area contributed by atoms with Gasteiger partial charge in [0, 0.05) is 4.70 Å². The summed E-state index contributed by atoms with van der Waals surface area (Å²) in [4.78, 5) is 0. The first-order valence-corrected chi connectivity index (χ1v) is 5.53. The van der Waals surface area contributed by atoms with Gasteiger partial charge in [0.15, 0.2) is 0 Å². The maximum Gasteiger partial charge on any atom is 0.0345 e. The Labute approximate surface area is 83.2 Å². The molecular formula is C12H13S. The summed E-state index contributed by atoms with van der Waals surface area (Å²) in [6, 6.07) is 8.91. The lowest BCUT2D eigenvalue weighted by atomic mass is 10.1. The zero-order valence-corrected chi connectivity index (χ0v) is 8.44. The molecular weight excluding hydrogens is 176 g/mol. The molecule has 2 aromatic rings. The van der Waals surface area contributed by atoms with Crippen LogP contribution in [0.4, 0.5) is 0 Å². The number of unbranched alkanes of at least 4 members (excludes halogenated alkanes) is 1. The van der Waals surface area contributed by atoms with Crippen LogP contribution in [0.3, 0.4) is 0 Å². The predicted octanol–water partition coefficient (Wildman–Crippen LogP) is 4.06. The highest BCUT2D eigenvalue weighted by Gasteiger charge is 1.96. The molecule has 0 unspecified atom stereocenters. The monoisotopic (exact) mass is 189 g/mol. The van der Waals surface area contributed by atoms with Gasteiger partial charge in [-0.05, 0) is 41.3 Å². The van der Waals surface area contributed by atoms with E-state index < -0.39 is 0 Å².